The Morgan fingerprint density at radius 2 is 2.13 bits per heavy atom. The van der Waals surface area contributed by atoms with Crippen molar-refractivity contribution in [3.05, 3.63) is 59.0 Å². The number of halogens is 1. The van der Waals surface area contributed by atoms with Gasteiger partial charge in [0.05, 0.1) is 31.1 Å². The van der Waals surface area contributed by atoms with Gasteiger partial charge >= 0.3 is 0 Å². The zero-order chi connectivity index (χ0) is 21.3. The highest BCUT2D eigenvalue weighted by molar-refractivity contribution is 6.31. The molecule has 4 rings (SSSR count). The number of carbonyl (C=O) groups is 1. The number of imidazole rings is 1. The third-order valence-electron chi connectivity index (χ3n) is 5.28. The molecule has 1 aliphatic rings. The molecule has 8 heteroatoms. The summed E-state index contributed by atoms with van der Waals surface area (Å²) in [6.07, 6.45) is 2.80. The minimum atomic E-state index is -0.551. The van der Waals surface area contributed by atoms with E-state index in [-0.39, 0.29) is 12.5 Å². The number of hydrogen-bond acceptors (Lipinski definition) is 5. The first kappa shape index (κ1) is 20.8. The second kappa shape index (κ2) is 8.71. The molecule has 1 saturated heterocycles. The van der Waals surface area contributed by atoms with Crippen molar-refractivity contribution in [1.82, 2.24) is 19.4 Å². The number of aromatic nitrogens is 3. The number of pyridine rings is 1. The Morgan fingerprint density at radius 1 is 1.33 bits per heavy atom. The van der Waals surface area contributed by atoms with Crippen molar-refractivity contribution < 1.29 is 14.6 Å². The van der Waals surface area contributed by atoms with Crippen LogP contribution in [0, 0.1) is 5.92 Å². The zero-order valence-electron chi connectivity index (χ0n) is 17.0. The number of benzene rings is 1. The molecule has 1 fully saturated rings. The lowest BCUT2D eigenvalue weighted by Crippen LogP contribution is -2.49. The smallest absolute Gasteiger partial charge is 0.256 e. The number of aliphatic hydroxyl groups is 1. The van der Waals surface area contributed by atoms with E-state index in [1.807, 2.05) is 22.8 Å². The van der Waals surface area contributed by atoms with Crippen LogP contribution in [0.1, 0.15) is 35.8 Å². The molecule has 0 spiro atoms. The van der Waals surface area contributed by atoms with Gasteiger partial charge in [0.15, 0.2) is 5.65 Å². The van der Waals surface area contributed by atoms with Crippen molar-refractivity contribution in [2.75, 3.05) is 19.8 Å². The molecule has 0 saturated carbocycles. The van der Waals surface area contributed by atoms with Crippen LogP contribution in [0.2, 0.25) is 5.02 Å². The second-order valence-corrected chi connectivity index (χ2v) is 8.32. The maximum Gasteiger partial charge on any atom is 0.256 e. The fourth-order valence-electron chi connectivity index (χ4n) is 3.96. The van der Waals surface area contributed by atoms with E-state index in [2.05, 4.69) is 23.8 Å². The molecule has 7 nitrogen and oxygen atoms in total. The molecule has 1 aliphatic heterocycles. The van der Waals surface area contributed by atoms with Gasteiger partial charge in [-0.25, -0.2) is 9.97 Å². The molecule has 30 heavy (non-hydrogen) atoms. The fourth-order valence-corrected chi connectivity index (χ4v) is 4.20. The summed E-state index contributed by atoms with van der Waals surface area (Å²) < 4.78 is 7.74. The Balaban J connectivity index is 1.69. The Labute approximate surface area is 180 Å². The summed E-state index contributed by atoms with van der Waals surface area (Å²) in [5, 5.41) is 10.4. The lowest BCUT2D eigenvalue weighted by atomic mass is 9.97. The molecule has 1 amide bonds. The number of fused-ring (bicyclic) bond motifs is 1. The molecule has 158 valence electrons. The standard InChI is InChI=1S/C22H25ClN4O3/c1-14(2)11-26-13-25-18-9-15(10-24-21(18)26)22(29)27-7-8-30-19(12-28)20(27)16-5-3-4-6-17(16)23/h3-6,9-10,13-14,19-20,28H,7-8,11-12H2,1-2H3/t19-,20-/m0/s1. The van der Waals surface area contributed by atoms with E-state index in [1.165, 1.54) is 0 Å². The van der Waals surface area contributed by atoms with Gasteiger partial charge in [-0.1, -0.05) is 43.6 Å². The van der Waals surface area contributed by atoms with Gasteiger partial charge in [0.2, 0.25) is 0 Å². The number of ether oxygens (including phenoxy) is 1. The minimum absolute atomic E-state index is 0.186. The van der Waals surface area contributed by atoms with E-state index in [4.69, 9.17) is 16.3 Å². The monoisotopic (exact) mass is 428 g/mol. The number of aliphatic hydroxyl groups excluding tert-OH is 1. The number of hydrogen-bond donors (Lipinski definition) is 1. The van der Waals surface area contributed by atoms with Gasteiger partial charge in [-0.15, -0.1) is 0 Å². The van der Waals surface area contributed by atoms with E-state index in [9.17, 15) is 9.90 Å². The highest BCUT2D eigenvalue weighted by atomic mass is 35.5. The second-order valence-electron chi connectivity index (χ2n) is 7.91. The molecular formula is C22H25ClN4O3. The van der Waals surface area contributed by atoms with Crippen LogP contribution < -0.4 is 0 Å². The van der Waals surface area contributed by atoms with Gasteiger partial charge in [0.25, 0.3) is 5.91 Å². The summed E-state index contributed by atoms with van der Waals surface area (Å²) in [5.41, 5.74) is 2.65. The Kier molecular flexibility index (Phi) is 6.04. The van der Waals surface area contributed by atoms with Crippen LogP contribution >= 0.6 is 11.6 Å². The molecular weight excluding hydrogens is 404 g/mol. The van der Waals surface area contributed by atoms with Crippen LogP contribution in [0.3, 0.4) is 0 Å². The molecule has 0 radical (unpaired) electrons. The quantitative estimate of drug-likeness (QED) is 0.674. The van der Waals surface area contributed by atoms with Crippen molar-refractivity contribution in [2.45, 2.75) is 32.5 Å². The summed E-state index contributed by atoms with van der Waals surface area (Å²) in [6, 6.07) is 8.62. The maximum absolute atomic E-state index is 13.5. The first-order valence-corrected chi connectivity index (χ1v) is 10.5. The number of morpholine rings is 1. The van der Waals surface area contributed by atoms with E-state index in [0.29, 0.717) is 35.2 Å². The average molecular weight is 429 g/mol. The van der Waals surface area contributed by atoms with Crippen molar-refractivity contribution >= 4 is 28.7 Å². The predicted molar refractivity (Wildman–Crippen MR) is 114 cm³/mol. The first-order valence-electron chi connectivity index (χ1n) is 10.1. The van der Waals surface area contributed by atoms with Crippen molar-refractivity contribution in [1.29, 1.82) is 0 Å². The van der Waals surface area contributed by atoms with Crippen LogP contribution in [0.4, 0.5) is 0 Å². The minimum Gasteiger partial charge on any atom is -0.394 e. The van der Waals surface area contributed by atoms with Crippen LogP contribution in [0.25, 0.3) is 11.2 Å². The molecule has 1 N–H and O–H groups in total. The molecule has 2 atom stereocenters. The Morgan fingerprint density at radius 3 is 2.87 bits per heavy atom. The van der Waals surface area contributed by atoms with Crippen molar-refractivity contribution in [3.8, 4) is 0 Å². The molecule has 3 aromatic rings. The van der Waals surface area contributed by atoms with Crippen molar-refractivity contribution in [3.63, 3.8) is 0 Å². The van der Waals surface area contributed by atoms with Gasteiger partial charge in [-0.05, 0) is 23.6 Å². The van der Waals surface area contributed by atoms with Crippen LogP contribution in [0.15, 0.2) is 42.9 Å². The summed E-state index contributed by atoms with van der Waals surface area (Å²) in [4.78, 5) is 24.1. The largest absolute Gasteiger partial charge is 0.394 e. The third kappa shape index (κ3) is 3.93. The highest BCUT2D eigenvalue weighted by Crippen LogP contribution is 2.35. The molecule has 1 aromatic carbocycles. The zero-order valence-corrected chi connectivity index (χ0v) is 17.8. The summed E-state index contributed by atoms with van der Waals surface area (Å²) in [7, 11) is 0. The first-order chi connectivity index (χ1) is 14.5. The predicted octanol–water partition coefficient (Wildman–Crippen LogP) is 3.32. The van der Waals surface area contributed by atoms with E-state index < -0.39 is 12.1 Å². The number of rotatable bonds is 5. The third-order valence-corrected chi connectivity index (χ3v) is 5.63. The number of nitrogens with zero attached hydrogens (tertiary/aromatic N) is 4. The Hall–Kier alpha value is -2.48. The van der Waals surface area contributed by atoms with Gasteiger partial charge in [0, 0.05) is 24.3 Å². The number of carbonyl (C=O) groups excluding carboxylic acids is 1. The van der Waals surface area contributed by atoms with Gasteiger partial charge in [-0.2, -0.15) is 0 Å². The highest BCUT2D eigenvalue weighted by Gasteiger charge is 2.37. The van der Waals surface area contributed by atoms with Crippen LogP contribution in [-0.2, 0) is 11.3 Å². The van der Waals surface area contributed by atoms with E-state index in [0.717, 1.165) is 17.8 Å². The SMILES string of the molecule is CC(C)Cn1cnc2cc(C(=O)N3CCO[C@@H](CO)[C@@H]3c3ccccc3Cl)cnc21. The molecule has 0 bridgehead atoms. The lowest BCUT2D eigenvalue weighted by molar-refractivity contribution is -0.0811. The van der Waals surface area contributed by atoms with E-state index >= 15 is 0 Å². The normalized spacial score (nSPS) is 19.6. The average Bonchev–Trinajstić information content (AvgIpc) is 3.14. The molecule has 3 heterocycles. The number of amides is 1. The van der Waals surface area contributed by atoms with Crippen LogP contribution in [0.5, 0.6) is 0 Å². The molecule has 0 aliphatic carbocycles. The summed E-state index contributed by atoms with van der Waals surface area (Å²) in [6.45, 7) is 5.61. The summed E-state index contributed by atoms with van der Waals surface area (Å²) >= 11 is 6.42. The summed E-state index contributed by atoms with van der Waals surface area (Å²) in [5.74, 6) is 0.278. The van der Waals surface area contributed by atoms with E-state index in [1.54, 1.807) is 29.6 Å². The lowest BCUT2D eigenvalue weighted by Gasteiger charge is -2.41. The molecule has 2 aromatic heterocycles. The molecule has 0 unspecified atom stereocenters. The fraction of sp³-hybridized carbons (Fsp3) is 0.409. The van der Waals surface area contributed by atoms with Crippen LogP contribution in [-0.4, -0.2) is 56.3 Å². The Bertz CT molecular complexity index is 1050. The maximum atomic E-state index is 13.5. The van der Waals surface area contributed by atoms with Crippen molar-refractivity contribution in [2.24, 2.45) is 5.92 Å². The topological polar surface area (TPSA) is 80.5 Å². The van der Waals surface area contributed by atoms with Gasteiger partial charge in [-0.3, -0.25) is 4.79 Å². The van der Waals surface area contributed by atoms with Gasteiger partial charge in [0.1, 0.15) is 11.6 Å². The van der Waals surface area contributed by atoms with Gasteiger partial charge < -0.3 is 19.3 Å².